The fourth-order valence-corrected chi connectivity index (χ4v) is 5.42. The van der Waals surface area contributed by atoms with Gasteiger partial charge in [-0.25, -0.2) is 9.37 Å². The Morgan fingerprint density at radius 1 is 1.16 bits per heavy atom. The first-order valence-corrected chi connectivity index (χ1v) is 13.0. The molecule has 9 heteroatoms. The maximum atomic E-state index is 14.4. The van der Waals surface area contributed by atoms with Gasteiger partial charge in [0.1, 0.15) is 16.3 Å². The van der Waals surface area contributed by atoms with E-state index in [1.165, 1.54) is 23.5 Å². The summed E-state index contributed by atoms with van der Waals surface area (Å²) in [6.45, 7) is 5.40. The quantitative estimate of drug-likeness (QED) is 0.226. The van der Waals surface area contributed by atoms with E-state index in [0.29, 0.717) is 36.3 Å². The molecule has 0 radical (unpaired) electrons. The number of benzene rings is 2. The number of nitrogens with one attached hydrogen (secondary N) is 1. The van der Waals surface area contributed by atoms with Gasteiger partial charge in [-0.1, -0.05) is 0 Å². The van der Waals surface area contributed by atoms with Crippen molar-refractivity contribution in [3.63, 3.8) is 0 Å². The SMILES string of the molecule is Cc1cc(/C=C/C#N)cc(C)c1Oc1nc(NC2CCN(c3ccc(N)cc3F)CC2)nc2ccsc12. The molecule has 3 N–H and O–H groups in total. The monoisotopic (exact) mass is 514 g/mol. The van der Waals surface area contributed by atoms with Crippen LogP contribution in [0.3, 0.4) is 0 Å². The third-order valence-corrected chi connectivity index (χ3v) is 7.34. The van der Waals surface area contributed by atoms with Crippen LogP contribution >= 0.6 is 11.3 Å². The van der Waals surface area contributed by atoms with Crippen LogP contribution in [0, 0.1) is 31.0 Å². The van der Waals surface area contributed by atoms with Gasteiger partial charge in [0.15, 0.2) is 0 Å². The summed E-state index contributed by atoms with van der Waals surface area (Å²) < 4.78 is 21.6. The number of rotatable bonds is 6. The Hall–Kier alpha value is -4.16. The number of aryl methyl sites for hydroxylation is 2. The van der Waals surface area contributed by atoms with Crippen LogP contribution in [0.1, 0.15) is 29.5 Å². The predicted molar refractivity (Wildman–Crippen MR) is 148 cm³/mol. The lowest BCUT2D eigenvalue weighted by molar-refractivity contribution is 0.461. The van der Waals surface area contributed by atoms with Crippen molar-refractivity contribution in [1.29, 1.82) is 5.26 Å². The van der Waals surface area contributed by atoms with Crippen molar-refractivity contribution < 1.29 is 9.13 Å². The number of fused-ring (bicyclic) bond motifs is 1. The summed E-state index contributed by atoms with van der Waals surface area (Å²) in [5, 5.41) is 14.3. The van der Waals surface area contributed by atoms with E-state index in [-0.39, 0.29) is 11.9 Å². The number of nitrogens with two attached hydrogens (primary N) is 1. The van der Waals surface area contributed by atoms with Gasteiger partial charge in [0.2, 0.25) is 11.8 Å². The molecule has 0 amide bonds. The summed E-state index contributed by atoms with van der Waals surface area (Å²) >= 11 is 1.54. The molecular formula is C28H27FN6OS. The van der Waals surface area contributed by atoms with Crippen LogP contribution < -0.4 is 20.7 Å². The van der Waals surface area contributed by atoms with Crippen LogP contribution in [0.25, 0.3) is 16.3 Å². The van der Waals surface area contributed by atoms with Gasteiger partial charge in [-0.15, -0.1) is 11.3 Å². The summed E-state index contributed by atoms with van der Waals surface area (Å²) in [5.74, 6) is 1.48. The van der Waals surface area contributed by atoms with Gasteiger partial charge >= 0.3 is 0 Å². The second kappa shape index (κ2) is 10.4. The van der Waals surface area contributed by atoms with Gasteiger partial charge in [0.25, 0.3) is 0 Å². The molecule has 0 aliphatic carbocycles. The number of hydrogen-bond donors (Lipinski definition) is 2. The Morgan fingerprint density at radius 2 is 1.92 bits per heavy atom. The van der Waals surface area contributed by atoms with E-state index in [1.54, 1.807) is 18.2 Å². The van der Waals surface area contributed by atoms with Crippen molar-refractivity contribution in [3.05, 3.63) is 70.4 Å². The molecule has 1 aliphatic heterocycles. The molecule has 5 rings (SSSR count). The smallest absolute Gasteiger partial charge is 0.242 e. The van der Waals surface area contributed by atoms with Crippen molar-refractivity contribution in [1.82, 2.24) is 9.97 Å². The van der Waals surface area contributed by atoms with E-state index in [0.717, 1.165) is 45.5 Å². The molecule has 7 nitrogen and oxygen atoms in total. The average Bonchev–Trinajstić information content (AvgIpc) is 3.34. The van der Waals surface area contributed by atoms with Crippen molar-refractivity contribution in [3.8, 4) is 17.7 Å². The van der Waals surface area contributed by atoms with Gasteiger partial charge in [0, 0.05) is 30.9 Å². The third-order valence-electron chi connectivity index (χ3n) is 6.44. The summed E-state index contributed by atoms with van der Waals surface area (Å²) in [6.07, 6.45) is 4.88. The molecule has 188 valence electrons. The van der Waals surface area contributed by atoms with Crippen molar-refractivity contribution in [2.45, 2.75) is 32.7 Å². The Kier molecular flexibility index (Phi) is 6.93. The third kappa shape index (κ3) is 5.34. The van der Waals surface area contributed by atoms with Gasteiger partial charge in [0.05, 0.1) is 17.3 Å². The van der Waals surface area contributed by atoms with Crippen LogP contribution in [0.4, 0.5) is 21.7 Å². The first kappa shape index (κ1) is 24.5. The lowest BCUT2D eigenvalue weighted by Gasteiger charge is -2.34. The number of thiophene rings is 1. The highest BCUT2D eigenvalue weighted by atomic mass is 32.1. The predicted octanol–water partition coefficient (Wildman–Crippen LogP) is 6.44. The molecular weight excluding hydrogens is 487 g/mol. The molecule has 37 heavy (non-hydrogen) atoms. The second-order valence-corrected chi connectivity index (χ2v) is 10.1. The number of halogens is 1. The van der Waals surface area contributed by atoms with E-state index >= 15 is 0 Å². The number of ether oxygens (including phenoxy) is 1. The van der Waals surface area contributed by atoms with Crippen LogP contribution in [-0.2, 0) is 0 Å². The average molecular weight is 515 g/mol. The van der Waals surface area contributed by atoms with Gasteiger partial charge in [-0.3, -0.25) is 0 Å². The van der Waals surface area contributed by atoms with Crippen molar-refractivity contribution in [2.24, 2.45) is 0 Å². The molecule has 1 fully saturated rings. The van der Waals surface area contributed by atoms with E-state index < -0.39 is 0 Å². The number of hydrogen-bond acceptors (Lipinski definition) is 8. The molecule has 3 heterocycles. The zero-order chi connectivity index (χ0) is 25.9. The Balaban J connectivity index is 1.33. The molecule has 4 aromatic rings. The number of piperidine rings is 1. The maximum absolute atomic E-state index is 14.4. The van der Waals surface area contributed by atoms with Gasteiger partial charge < -0.3 is 20.7 Å². The normalized spacial score (nSPS) is 14.3. The standard InChI is InChI=1S/C28H27FN6OS/c1-17-14-19(4-3-10-30)15-18(2)25(17)36-27-26-23(9-13-37-26)33-28(34-27)32-21-7-11-35(12-8-21)24-6-5-20(31)16-22(24)29/h3-6,9,13-16,21H,7-8,11-12,31H2,1-2H3,(H,32,33,34)/b4-3+. The van der Waals surface area contributed by atoms with E-state index in [2.05, 4.69) is 5.32 Å². The second-order valence-electron chi connectivity index (χ2n) is 9.15. The summed E-state index contributed by atoms with van der Waals surface area (Å²) in [5.41, 5.74) is 10.4. The number of aromatic nitrogens is 2. The minimum Gasteiger partial charge on any atom is -0.437 e. The van der Waals surface area contributed by atoms with Crippen molar-refractivity contribution >= 4 is 45.0 Å². The highest BCUT2D eigenvalue weighted by molar-refractivity contribution is 7.17. The fraction of sp³-hybridized carbons (Fsp3) is 0.250. The Labute approximate surface area is 219 Å². The number of allylic oxidation sites excluding steroid dienone is 1. The fourth-order valence-electron chi connectivity index (χ4n) is 4.67. The van der Waals surface area contributed by atoms with E-state index in [9.17, 15) is 4.39 Å². The van der Waals surface area contributed by atoms with Crippen LogP contribution in [0.5, 0.6) is 11.6 Å². The minimum atomic E-state index is -0.292. The van der Waals surface area contributed by atoms with Gasteiger partial charge in [-0.05, 0) is 91.2 Å². The molecule has 0 saturated carbocycles. The Bertz CT molecular complexity index is 1490. The number of nitriles is 1. The first-order chi connectivity index (χ1) is 17.9. The Morgan fingerprint density at radius 3 is 2.62 bits per heavy atom. The van der Waals surface area contributed by atoms with Gasteiger partial charge in [-0.2, -0.15) is 10.2 Å². The maximum Gasteiger partial charge on any atom is 0.242 e. The number of nitrogens with zero attached hydrogens (tertiary/aromatic N) is 4. The molecule has 1 saturated heterocycles. The lowest BCUT2D eigenvalue weighted by Crippen LogP contribution is -2.39. The molecule has 0 bridgehead atoms. The molecule has 2 aromatic heterocycles. The van der Waals surface area contributed by atoms with Crippen molar-refractivity contribution in [2.75, 3.05) is 29.0 Å². The highest BCUT2D eigenvalue weighted by Gasteiger charge is 2.23. The topological polar surface area (TPSA) is 100 Å². The van der Waals surface area contributed by atoms with E-state index in [1.807, 2.05) is 48.4 Å². The molecule has 0 spiro atoms. The number of nitrogen functional groups attached to an aromatic ring is 1. The summed E-state index contributed by atoms with van der Waals surface area (Å²) in [4.78, 5) is 11.5. The zero-order valence-electron chi connectivity index (χ0n) is 20.7. The molecule has 1 aliphatic rings. The van der Waals surface area contributed by atoms with Crippen LogP contribution in [0.15, 0.2) is 47.9 Å². The minimum absolute atomic E-state index is 0.159. The first-order valence-electron chi connectivity index (χ1n) is 12.1. The molecule has 2 aromatic carbocycles. The highest BCUT2D eigenvalue weighted by Crippen LogP contribution is 2.36. The summed E-state index contributed by atoms with van der Waals surface area (Å²) in [7, 11) is 0. The van der Waals surface area contributed by atoms with Crippen LogP contribution in [-0.4, -0.2) is 29.1 Å². The zero-order valence-corrected chi connectivity index (χ0v) is 21.5. The summed E-state index contributed by atoms with van der Waals surface area (Å²) in [6, 6.07) is 13.0. The lowest BCUT2D eigenvalue weighted by atomic mass is 10.0. The molecule has 0 atom stereocenters. The number of anilines is 3. The van der Waals surface area contributed by atoms with E-state index in [4.69, 9.17) is 25.7 Å². The van der Waals surface area contributed by atoms with Crippen LogP contribution in [0.2, 0.25) is 0 Å². The largest absolute Gasteiger partial charge is 0.437 e. The molecule has 0 unspecified atom stereocenters.